The van der Waals surface area contributed by atoms with Gasteiger partial charge in [0.1, 0.15) is 0 Å². The van der Waals surface area contributed by atoms with Crippen molar-refractivity contribution in [3.05, 3.63) is 30.3 Å². The molecule has 20 heavy (non-hydrogen) atoms. The molecular formula is C17H26N2O. The third kappa shape index (κ3) is 2.70. The van der Waals surface area contributed by atoms with Crippen LogP contribution in [0.1, 0.15) is 32.1 Å². The van der Waals surface area contributed by atoms with Gasteiger partial charge in [0.25, 0.3) is 0 Å². The highest BCUT2D eigenvalue weighted by Gasteiger charge is 2.41. The summed E-state index contributed by atoms with van der Waals surface area (Å²) < 4.78 is 0. The predicted molar refractivity (Wildman–Crippen MR) is 83.0 cm³/mol. The molecule has 2 aliphatic heterocycles. The monoisotopic (exact) mass is 274 g/mol. The lowest BCUT2D eigenvalue weighted by atomic mass is 9.69. The number of para-hydroxylation sites is 1. The molecule has 1 aromatic carbocycles. The molecular weight excluding hydrogens is 248 g/mol. The summed E-state index contributed by atoms with van der Waals surface area (Å²) in [6.07, 6.45) is 5.92. The van der Waals surface area contributed by atoms with E-state index in [1.54, 1.807) is 0 Å². The highest BCUT2D eigenvalue weighted by Crippen LogP contribution is 2.42. The van der Waals surface area contributed by atoms with E-state index in [1.807, 2.05) is 0 Å². The Balaban J connectivity index is 1.68. The summed E-state index contributed by atoms with van der Waals surface area (Å²) in [7, 11) is 0. The molecule has 110 valence electrons. The summed E-state index contributed by atoms with van der Waals surface area (Å²) in [6.45, 7) is 3.70. The summed E-state index contributed by atoms with van der Waals surface area (Å²) in [5.74, 6) is 0. The van der Waals surface area contributed by atoms with Crippen LogP contribution in [0.4, 0.5) is 5.69 Å². The smallest absolute Gasteiger partial charge is 0.0436 e. The fraction of sp³-hybridized carbons (Fsp3) is 0.647. The summed E-state index contributed by atoms with van der Waals surface area (Å²) in [5.41, 5.74) is 1.65. The minimum atomic E-state index is 0.316. The molecule has 0 aliphatic carbocycles. The van der Waals surface area contributed by atoms with Gasteiger partial charge in [-0.2, -0.15) is 0 Å². The summed E-state index contributed by atoms with van der Waals surface area (Å²) in [4.78, 5) is 2.49. The molecule has 1 atom stereocenters. The van der Waals surface area contributed by atoms with E-state index in [4.69, 9.17) is 0 Å². The van der Waals surface area contributed by atoms with Gasteiger partial charge in [-0.3, -0.25) is 0 Å². The zero-order valence-corrected chi connectivity index (χ0v) is 12.2. The number of hydrogen-bond acceptors (Lipinski definition) is 3. The van der Waals surface area contributed by atoms with Crippen molar-refractivity contribution in [1.29, 1.82) is 0 Å². The fourth-order valence-corrected chi connectivity index (χ4v) is 4.05. The second-order valence-corrected chi connectivity index (χ2v) is 6.31. The molecule has 2 fully saturated rings. The molecule has 2 N–H and O–H groups in total. The van der Waals surface area contributed by atoms with Crippen LogP contribution in [-0.4, -0.2) is 37.4 Å². The molecule has 2 heterocycles. The van der Waals surface area contributed by atoms with Crippen molar-refractivity contribution in [2.45, 2.75) is 38.1 Å². The zero-order chi connectivity index (χ0) is 13.8. The molecule has 2 aliphatic rings. The maximum Gasteiger partial charge on any atom is 0.0436 e. The molecule has 0 bridgehead atoms. The predicted octanol–water partition coefficient (Wildman–Crippen LogP) is 2.41. The van der Waals surface area contributed by atoms with Crippen molar-refractivity contribution in [2.75, 3.05) is 31.1 Å². The summed E-state index contributed by atoms with van der Waals surface area (Å²) >= 11 is 0. The van der Waals surface area contributed by atoms with Crippen molar-refractivity contribution in [3.8, 4) is 0 Å². The molecule has 0 spiro atoms. The van der Waals surface area contributed by atoms with Gasteiger partial charge in [0.15, 0.2) is 0 Å². The largest absolute Gasteiger partial charge is 0.396 e. The first kappa shape index (κ1) is 13.9. The lowest BCUT2D eigenvalue weighted by Gasteiger charge is -2.46. The topological polar surface area (TPSA) is 35.5 Å². The van der Waals surface area contributed by atoms with E-state index in [9.17, 15) is 5.11 Å². The van der Waals surface area contributed by atoms with Crippen LogP contribution >= 0.6 is 0 Å². The van der Waals surface area contributed by atoms with Crippen LogP contribution in [0.25, 0.3) is 0 Å². The van der Waals surface area contributed by atoms with Gasteiger partial charge in [-0.25, -0.2) is 0 Å². The Morgan fingerprint density at radius 3 is 2.55 bits per heavy atom. The SMILES string of the molecule is OCCC1(C2CCCN2)CCN(c2ccccc2)CC1. The Morgan fingerprint density at radius 1 is 1.20 bits per heavy atom. The number of aliphatic hydroxyl groups excluding tert-OH is 1. The van der Waals surface area contributed by atoms with Gasteiger partial charge in [-0.05, 0) is 56.2 Å². The quantitative estimate of drug-likeness (QED) is 0.885. The number of aliphatic hydroxyl groups is 1. The standard InChI is InChI=1S/C17H26N2O/c20-14-10-17(16-7-4-11-18-16)8-12-19(13-9-17)15-5-2-1-3-6-15/h1-3,5-6,16,18,20H,4,7-14H2. The first-order valence-corrected chi connectivity index (χ1v) is 7.98. The van der Waals surface area contributed by atoms with E-state index in [-0.39, 0.29) is 0 Å². The third-order valence-corrected chi connectivity index (χ3v) is 5.29. The number of benzene rings is 1. The van der Waals surface area contributed by atoms with Gasteiger partial charge in [-0.1, -0.05) is 18.2 Å². The van der Waals surface area contributed by atoms with Gasteiger partial charge in [0, 0.05) is 31.4 Å². The maximum absolute atomic E-state index is 9.49. The Morgan fingerprint density at radius 2 is 1.95 bits per heavy atom. The van der Waals surface area contributed by atoms with Crippen LogP contribution in [0.15, 0.2) is 30.3 Å². The van der Waals surface area contributed by atoms with Crippen LogP contribution in [0, 0.1) is 5.41 Å². The molecule has 0 radical (unpaired) electrons. The lowest BCUT2D eigenvalue weighted by molar-refractivity contribution is 0.105. The van der Waals surface area contributed by atoms with Crippen LogP contribution in [0.3, 0.4) is 0 Å². The van der Waals surface area contributed by atoms with Crippen molar-refractivity contribution in [1.82, 2.24) is 5.32 Å². The molecule has 1 aromatic rings. The van der Waals surface area contributed by atoms with Crippen molar-refractivity contribution in [3.63, 3.8) is 0 Å². The molecule has 0 amide bonds. The van der Waals surface area contributed by atoms with Crippen molar-refractivity contribution >= 4 is 5.69 Å². The van der Waals surface area contributed by atoms with E-state index in [0.717, 1.165) is 26.1 Å². The zero-order valence-electron chi connectivity index (χ0n) is 12.2. The van der Waals surface area contributed by atoms with Gasteiger partial charge >= 0.3 is 0 Å². The number of nitrogens with one attached hydrogen (secondary N) is 1. The Kier molecular flexibility index (Phi) is 4.27. The Hall–Kier alpha value is -1.06. The maximum atomic E-state index is 9.49. The third-order valence-electron chi connectivity index (χ3n) is 5.29. The van der Waals surface area contributed by atoms with Gasteiger partial charge in [0.05, 0.1) is 0 Å². The first-order valence-electron chi connectivity index (χ1n) is 7.98. The van der Waals surface area contributed by atoms with Crippen molar-refractivity contribution in [2.24, 2.45) is 5.41 Å². The highest BCUT2D eigenvalue weighted by atomic mass is 16.3. The number of rotatable bonds is 4. The second kappa shape index (κ2) is 6.15. The van der Waals surface area contributed by atoms with Gasteiger partial charge in [-0.15, -0.1) is 0 Å². The highest BCUT2D eigenvalue weighted by molar-refractivity contribution is 5.46. The normalized spacial score (nSPS) is 25.9. The summed E-state index contributed by atoms with van der Waals surface area (Å²) in [6, 6.07) is 11.3. The minimum Gasteiger partial charge on any atom is -0.396 e. The number of nitrogens with zero attached hydrogens (tertiary/aromatic N) is 1. The van der Waals surface area contributed by atoms with Crippen LogP contribution in [0.5, 0.6) is 0 Å². The van der Waals surface area contributed by atoms with E-state index in [2.05, 4.69) is 40.5 Å². The number of piperidine rings is 1. The number of anilines is 1. The van der Waals surface area contributed by atoms with Crippen LogP contribution in [0.2, 0.25) is 0 Å². The average Bonchev–Trinajstić information content (AvgIpc) is 3.04. The van der Waals surface area contributed by atoms with Gasteiger partial charge < -0.3 is 15.3 Å². The fourth-order valence-electron chi connectivity index (χ4n) is 4.05. The molecule has 1 unspecified atom stereocenters. The van der Waals surface area contributed by atoms with Gasteiger partial charge in [0.2, 0.25) is 0 Å². The Bertz CT molecular complexity index is 406. The molecule has 2 saturated heterocycles. The summed E-state index contributed by atoms with van der Waals surface area (Å²) in [5, 5.41) is 13.2. The lowest BCUT2D eigenvalue weighted by Crippen LogP contribution is -2.50. The Labute approximate surface area is 122 Å². The molecule has 3 nitrogen and oxygen atoms in total. The molecule has 3 heteroatoms. The van der Waals surface area contributed by atoms with E-state index >= 15 is 0 Å². The average molecular weight is 274 g/mol. The van der Waals surface area contributed by atoms with Crippen LogP contribution < -0.4 is 10.2 Å². The molecule has 3 rings (SSSR count). The first-order chi connectivity index (χ1) is 9.84. The van der Waals surface area contributed by atoms with E-state index in [0.29, 0.717) is 18.1 Å². The van der Waals surface area contributed by atoms with E-state index in [1.165, 1.54) is 31.4 Å². The molecule has 0 aromatic heterocycles. The number of hydrogen-bond donors (Lipinski definition) is 2. The van der Waals surface area contributed by atoms with Crippen molar-refractivity contribution < 1.29 is 5.11 Å². The minimum absolute atomic E-state index is 0.316. The van der Waals surface area contributed by atoms with Crippen LogP contribution in [-0.2, 0) is 0 Å². The van der Waals surface area contributed by atoms with E-state index < -0.39 is 0 Å². The molecule has 0 saturated carbocycles. The second-order valence-electron chi connectivity index (χ2n) is 6.31.